The van der Waals surface area contributed by atoms with Crippen LogP contribution in [-0.2, 0) is 0 Å². The standard InChI is InChI=1S/C11H9N3S2/c1-6-4-8-9(7-2-3-15-5-7)13-11(12)14-10(8)16-6/h2-5H,1H3,(H2,12,13,14). The first kappa shape index (κ1) is 9.74. The first-order valence-electron chi connectivity index (χ1n) is 4.80. The normalized spacial score (nSPS) is 11.1. The van der Waals surface area contributed by atoms with Crippen LogP contribution < -0.4 is 5.73 Å². The summed E-state index contributed by atoms with van der Waals surface area (Å²) in [5.74, 6) is 0.343. The third kappa shape index (κ3) is 1.48. The number of hydrogen-bond acceptors (Lipinski definition) is 5. The van der Waals surface area contributed by atoms with E-state index in [1.165, 1.54) is 4.88 Å². The lowest BCUT2D eigenvalue weighted by molar-refractivity contribution is 1.25. The molecule has 3 nitrogen and oxygen atoms in total. The minimum atomic E-state index is 0.343. The molecular weight excluding hydrogens is 238 g/mol. The number of nitrogens with two attached hydrogens (primary N) is 1. The van der Waals surface area contributed by atoms with E-state index < -0.39 is 0 Å². The van der Waals surface area contributed by atoms with Gasteiger partial charge >= 0.3 is 0 Å². The lowest BCUT2D eigenvalue weighted by Crippen LogP contribution is -1.95. The summed E-state index contributed by atoms with van der Waals surface area (Å²) in [5, 5.41) is 5.21. The summed E-state index contributed by atoms with van der Waals surface area (Å²) in [7, 11) is 0. The number of thiophene rings is 2. The molecule has 0 unspecified atom stereocenters. The zero-order chi connectivity index (χ0) is 11.1. The van der Waals surface area contributed by atoms with E-state index in [4.69, 9.17) is 5.73 Å². The molecule has 0 fully saturated rings. The molecule has 0 aliphatic carbocycles. The Kier molecular flexibility index (Phi) is 2.15. The summed E-state index contributed by atoms with van der Waals surface area (Å²) >= 11 is 3.31. The fourth-order valence-electron chi connectivity index (χ4n) is 1.68. The zero-order valence-electron chi connectivity index (χ0n) is 8.60. The Balaban J connectivity index is 2.38. The van der Waals surface area contributed by atoms with Crippen LogP contribution in [0.4, 0.5) is 5.95 Å². The molecule has 0 bridgehead atoms. The summed E-state index contributed by atoms with van der Waals surface area (Å²) in [6, 6.07) is 4.17. The van der Waals surface area contributed by atoms with Gasteiger partial charge < -0.3 is 5.73 Å². The van der Waals surface area contributed by atoms with Gasteiger partial charge in [0.1, 0.15) is 4.83 Å². The predicted molar refractivity (Wildman–Crippen MR) is 69.9 cm³/mol. The minimum Gasteiger partial charge on any atom is -0.368 e. The highest BCUT2D eigenvalue weighted by atomic mass is 32.1. The maximum Gasteiger partial charge on any atom is 0.221 e. The second-order valence-corrected chi connectivity index (χ2v) is 5.53. The second-order valence-electron chi connectivity index (χ2n) is 3.52. The molecule has 0 amide bonds. The number of rotatable bonds is 1. The number of aromatic nitrogens is 2. The minimum absolute atomic E-state index is 0.343. The van der Waals surface area contributed by atoms with E-state index in [0.29, 0.717) is 5.95 Å². The van der Waals surface area contributed by atoms with Crippen molar-refractivity contribution in [2.45, 2.75) is 6.92 Å². The molecule has 0 atom stereocenters. The third-order valence-corrected chi connectivity index (χ3v) is 3.96. The first-order valence-corrected chi connectivity index (χ1v) is 6.56. The topological polar surface area (TPSA) is 51.8 Å². The largest absolute Gasteiger partial charge is 0.368 e. The van der Waals surface area contributed by atoms with Crippen molar-refractivity contribution in [1.29, 1.82) is 0 Å². The summed E-state index contributed by atoms with van der Waals surface area (Å²) < 4.78 is 0. The van der Waals surface area contributed by atoms with Gasteiger partial charge in [-0.3, -0.25) is 0 Å². The van der Waals surface area contributed by atoms with E-state index in [-0.39, 0.29) is 0 Å². The Hall–Kier alpha value is -1.46. The van der Waals surface area contributed by atoms with Crippen molar-refractivity contribution in [1.82, 2.24) is 9.97 Å². The highest BCUT2D eigenvalue weighted by Crippen LogP contribution is 2.32. The molecule has 0 saturated carbocycles. The molecule has 0 saturated heterocycles. The highest BCUT2D eigenvalue weighted by molar-refractivity contribution is 7.18. The van der Waals surface area contributed by atoms with E-state index in [1.807, 2.05) is 5.38 Å². The monoisotopic (exact) mass is 247 g/mol. The quantitative estimate of drug-likeness (QED) is 0.717. The molecular formula is C11H9N3S2. The summed E-state index contributed by atoms with van der Waals surface area (Å²) in [6.45, 7) is 2.07. The number of hydrogen-bond donors (Lipinski definition) is 1. The number of nitrogens with zero attached hydrogens (tertiary/aromatic N) is 2. The molecule has 0 aromatic carbocycles. The van der Waals surface area contributed by atoms with Crippen LogP contribution in [0, 0.1) is 6.92 Å². The van der Waals surface area contributed by atoms with Crippen LogP contribution in [-0.4, -0.2) is 9.97 Å². The van der Waals surface area contributed by atoms with Crippen molar-refractivity contribution < 1.29 is 0 Å². The molecule has 0 spiro atoms. The van der Waals surface area contributed by atoms with Crippen molar-refractivity contribution in [3.05, 3.63) is 27.8 Å². The second kappa shape index (κ2) is 3.54. The Labute approximate surface area is 101 Å². The Bertz CT molecular complexity index is 641. The Morgan fingerprint density at radius 2 is 2.19 bits per heavy atom. The number of anilines is 1. The molecule has 3 rings (SSSR count). The van der Waals surface area contributed by atoms with Crippen molar-refractivity contribution in [2.75, 3.05) is 5.73 Å². The highest BCUT2D eigenvalue weighted by Gasteiger charge is 2.11. The fourth-order valence-corrected chi connectivity index (χ4v) is 3.20. The molecule has 3 aromatic heterocycles. The maximum atomic E-state index is 5.73. The van der Waals surface area contributed by atoms with Crippen molar-refractivity contribution in [3.63, 3.8) is 0 Å². The predicted octanol–water partition coefficient (Wildman–Crippen LogP) is 3.31. The van der Waals surface area contributed by atoms with Crippen LogP contribution in [0.1, 0.15) is 4.88 Å². The lowest BCUT2D eigenvalue weighted by atomic mass is 10.2. The van der Waals surface area contributed by atoms with Gasteiger partial charge in [-0.15, -0.1) is 11.3 Å². The third-order valence-electron chi connectivity index (χ3n) is 2.33. The van der Waals surface area contributed by atoms with Gasteiger partial charge in [0, 0.05) is 21.2 Å². The molecule has 0 radical (unpaired) electrons. The molecule has 80 valence electrons. The van der Waals surface area contributed by atoms with Crippen LogP contribution in [0.3, 0.4) is 0 Å². The van der Waals surface area contributed by atoms with E-state index >= 15 is 0 Å². The van der Waals surface area contributed by atoms with Crippen molar-refractivity contribution >= 4 is 38.8 Å². The van der Waals surface area contributed by atoms with Crippen molar-refractivity contribution in [3.8, 4) is 11.3 Å². The van der Waals surface area contributed by atoms with E-state index in [9.17, 15) is 0 Å². The first-order chi connectivity index (χ1) is 7.74. The van der Waals surface area contributed by atoms with Crippen LogP contribution >= 0.6 is 22.7 Å². The SMILES string of the molecule is Cc1cc2c(-c3ccsc3)nc(N)nc2s1. The maximum absolute atomic E-state index is 5.73. The van der Waals surface area contributed by atoms with E-state index in [0.717, 1.165) is 21.5 Å². The molecule has 2 N–H and O–H groups in total. The van der Waals surface area contributed by atoms with Gasteiger partial charge in [0.25, 0.3) is 0 Å². The molecule has 16 heavy (non-hydrogen) atoms. The van der Waals surface area contributed by atoms with Gasteiger partial charge in [0.15, 0.2) is 0 Å². The summed E-state index contributed by atoms with van der Waals surface area (Å²) in [4.78, 5) is 10.8. The molecule has 5 heteroatoms. The number of fused-ring (bicyclic) bond motifs is 1. The molecule has 3 aromatic rings. The van der Waals surface area contributed by atoms with Crippen LogP contribution in [0.25, 0.3) is 21.5 Å². The van der Waals surface area contributed by atoms with Crippen LogP contribution in [0.5, 0.6) is 0 Å². The average molecular weight is 247 g/mol. The average Bonchev–Trinajstić information content (AvgIpc) is 2.83. The van der Waals surface area contributed by atoms with Gasteiger partial charge in [0.05, 0.1) is 5.69 Å². The fraction of sp³-hybridized carbons (Fsp3) is 0.0909. The molecule has 0 aliphatic rings. The van der Waals surface area contributed by atoms with Crippen LogP contribution in [0.15, 0.2) is 22.9 Å². The van der Waals surface area contributed by atoms with Gasteiger partial charge in [-0.25, -0.2) is 9.97 Å². The molecule has 0 aliphatic heterocycles. The van der Waals surface area contributed by atoms with E-state index in [1.54, 1.807) is 22.7 Å². The van der Waals surface area contributed by atoms with Gasteiger partial charge in [-0.05, 0) is 24.4 Å². The van der Waals surface area contributed by atoms with Gasteiger partial charge in [-0.1, -0.05) is 0 Å². The summed E-state index contributed by atoms with van der Waals surface area (Å²) in [5.41, 5.74) is 7.78. The molecule has 3 heterocycles. The Morgan fingerprint density at radius 1 is 1.31 bits per heavy atom. The Morgan fingerprint density at radius 3 is 2.94 bits per heavy atom. The van der Waals surface area contributed by atoms with Gasteiger partial charge in [0.2, 0.25) is 5.95 Å². The summed E-state index contributed by atoms with van der Waals surface area (Å²) in [6.07, 6.45) is 0. The van der Waals surface area contributed by atoms with Crippen molar-refractivity contribution in [2.24, 2.45) is 0 Å². The lowest BCUT2D eigenvalue weighted by Gasteiger charge is -2.00. The van der Waals surface area contributed by atoms with E-state index in [2.05, 4.69) is 34.4 Å². The smallest absolute Gasteiger partial charge is 0.221 e. The number of nitrogen functional groups attached to an aromatic ring is 1. The zero-order valence-corrected chi connectivity index (χ0v) is 10.2. The van der Waals surface area contributed by atoms with Gasteiger partial charge in [-0.2, -0.15) is 11.3 Å². The number of aryl methyl sites for hydroxylation is 1. The van der Waals surface area contributed by atoms with Crippen LogP contribution in [0.2, 0.25) is 0 Å².